The van der Waals surface area contributed by atoms with Crippen molar-refractivity contribution < 1.29 is 9.90 Å². The Kier molecular flexibility index (Phi) is 7.19. The maximum Gasteiger partial charge on any atom is 0.318 e. The third-order valence-corrected chi connectivity index (χ3v) is 1.80. The first-order valence-corrected chi connectivity index (χ1v) is 4.76. The molecule has 1 rings (SSSR count). The number of hydrogen-bond acceptors (Lipinski definition) is 1. The van der Waals surface area contributed by atoms with E-state index in [9.17, 15) is 4.79 Å². The molecule has 0 aliphatic rings. The van der Waals surface area contributed by atoms with E-state index in [1.54, 1.807) is 0 Å². The molecule has 4 heteroatoms. The van der Waals surface area contributed by atoms with Gasteiger partial charge in [0.1, 0.15) is 5.88 Å². The second-order valence-electron chi connectivity index (χ2n) is 1.82. The molecule has 0 saturated heterocycles. The van der Waals surface area contributed by atoms with Crippen LogP contribution < -0.4 is 0 Å². The normalized spacial score (nSPS) is 8.17. The molecule has 0 aliphatic carbocycles. The fourth-order valence-corrected chi connectivity index (χ4v) is 0.830. The molecule has 2 nitrogen and oxygen atoms in total. The van der Waals surface area contributed by atoms with Crippen LogP contribution in [0.25, 0.3) is 0 Å². The van der Waals surface area contributed by atoms with Crippen LogP contribution in [0.5, 0.6) is 0 Å². The Hall–Kier alpha value is -0.290. The Bertz CT molecular complexity index is 226. The zero-order valence-electron chi connectivity index (χ0n) is 6.21. The lowest BCUT2D eigenvalue weighted by atomic mass is 10.4. The molecule has 0 atom stereocenters. The first kappa shape index (κ1) is 11.7. The average molecular weight is 299 g/mol. The fraction of sp³-hybridized carbons (Fsp3) is 0.125. The Labute approximate surface area is 89.7 Å². The van der Waals surface area contributed by atoms with Gasteiger partial charge in [-0.15, -0.1) is 11.6 Å². The SMILES string of the molecule is Ic1ccccc1.O=C(O)CCl. The van der Waals surface area contributed by atoms with Gasteiger partial charge in [0.25, 0.3) is 0 Å². The van der Waals surface area contributed by atoms with Gasteiger partial charge in [0.2, 0.25) is 0 Å². The smallest absolute Gasteiger partial charge is 0.318 e. The van der Waals surface area contributed by atoms with Crippen LogP contribution in [0, 0.1) is 3.57 Å². The lowest BCUT2D eigenvalue weighted by Crippen LogP contribution is -1.92. The average Bonchev–Trinajstić information content (AvgIpc) is 2.07. The molecule has 1 aromatic rings. The van der Waals surface area contributed by atoms with Crippen LogP contribution >= 0.6 is 34.2 Å². The molecule has 66 valence electrons. The van der Waals surface area contributed by atoms with Crippen LogP contribution in [0.4, 0.5) is 0 Å². The Balaban J connectivity index is 0.000000217. The highest BCUT2D eigenvalue weighted by atomic mass is 127. The number of carboxylic acid groups (broad SMARTS) is 1. The molecule has 0 saturated carbocycles. The summed E-state index contributed by atoms with van der Waals surface area (Å²) in [5.41, 5.74) is 0. The van der Waals surface area contributed by atoms with E-state index in [2.05, 4.69) is 34.7 Å². The Morgan fingerprint density at radius 3 is 2.00 bits per heavy atom. The number of hydrogen-bond donors (Lipinski definition) is 1. The number of alkyl halides is 1. The zero-order chi connectivity index (χ0) is 9.40. The van der Waals surface area contributed by atoms with Crippen LogP contribution in [-0.2, 0) is 4.79 Å². The van der Waals surface area contributed by atoms with E-state index in [0.717, 1.165) is 0 Å². The minimum atomic E-state index is -0.980. The molecule has 0 radical (unpaired) electrons. The topological polar surface area (TPSA) is 37.3 Å². The lowest BCUT2D eigenvalue weighted by molar-refractivity contribution is -0.134. The van der Waals surface area contributed by atoms with Crippen LogP contribution in [0.1, 0.15) is 0 Å². The summed E-state index contributed by atoms with van der Waals surface area (Å²) in [7, 11) is 0. The number of benzene rings is 1. The van der Waals surface area contributed by atoms with Crippen LogP contribution in [0.3, 0.4) is 0 Å². The van der Waals surface area contributed by atoms with Gasteiger partial charge >= 0.3 is 5.97 Å². The van der Waals surface area contributed by atoms with E-state index in [4.69, 9.17) is 16.7 Å². The second-order valence-corrected chi connectivity index (χ2v) is 3.34. The third-order valence-electron chi connectivity index (χ3n) is 0.847. The first-order chi connectivity index (χ1) is 5.66. The Morgan fingerprint density at radius 2 is 1.83 bits per heavy atom. The van der Waals surface area contributed by atoms with Gasteiger partial charge in [-0.1, -0.05) is 18.2 Å². The first-order valence-electron chi connectivity index (χ1n) is 3.15. The number of carboxylic acids is 1. The van der Waals surface area contributed by atoms with Gasteiger partial charge in [0, 0.05) is 3.57 Å². The van der Waals surface area contributed by atoms with Crippen molar-refractivity contribution in [2.24, 2.45) is 0 Å². The molecule has 0 aliphatic heterocycles. The van der Waals surface area contributed by atoms with E-state index < -0.39 is 5.97 Å². The summed E-state index contributed by atoms with van der Waals surface area (Å²) >= 11 is 7.02. The third kappa shape index (κ3) is 7.81. The van der Waals surface area contributed by atoms with Crippen molar-refractivity contribution in [2.45, 2.75) is 0 Å². The summed E-state index contributed by atoms with van der Waals surface area (Å²) in [5, 5.41) is 7.59. The fourth-order valence-electron chi connectivity index (χ4n) is 0.415. The molecule has 1 N–H and O–H groups in total. The number of aliphatic carboxylic acids is 1. The summed E-state index contributed by atoms with van der Waals surface area (Å²) < 4.78 is 1.29. The van der Waals surface area contributed by atoms with Crippen molar-refractivity contribution >= 4 is 40.2 Å². The highest BCUT2D eigenvalue weighted by Crippen LogP contribution is 1.99. The van der Waals surface area contributed by atoms with Gasteiger partial charge in [-0.25, -0.2) is 0 Å². The molecule has 0 unspecified atom stereocenters. The quantitative estimate of drug-likeness (QED) is 0.639. The van der Waals surface area contributed by atoms with Crippen molar-refractivity contribution in [3.63, 3.8) is 0 Å². The predicted molar refractivity (Wildman–Crippen MR) is 57.5 cm³/mol. The van der Waals surface area contributed by atoms with Crippen molar-refractivity contribution in [1.29, 1.82) is 0 Å². The molecule has 0 spiro atoms. The molecule has 1 aromatic carbocycles. The van der Waals surface area contributed by atoms with Crippen molar-refractivity contribution in [3.05, 3.63) is 33.9 Å². The van der Waals surface area contributed by atoms with Gasteiger partial charge in [-0.05, 0) is 34.7 Å². The van der Waals surface area contributed by atoms with Gasteiger partial charge in [0.15, 0.2) is 0 Å². The van der Waals surface area contributed by atoms with E-state index in [-0.39, 0.29) is 5.88 Å². The maximum atomic E-state index is 9.24. The van der Waals surface area contributed by atoms with Crippen LogP contribution in [-0.4, -0.2) is 17.0 Å². The van der Waals surface area contributed by atoms with Gasteiger partial charge in [0.05, 0.1) is 0 Å². The molecular formula is C8H8ClIO2. The number of rotatable bonds is 1. The largest absolute Gasteiger partial charge is 0.480 e. The van der Waals surface area contributed by atoms with Crippen molar-refractivity contribution in [1.82, 2.24) is 0 Å². The minimum Gasteiger partial charge on any atom is -0.480 e. The zero-order valence-corrected chi connectivity index (χ0v) is 9.12. The highest BCUT2D eigenvalue weighted by molar-refractivity contribution is 14.1. The van der Waals surface area contributed by atoms with Crippen molar-refractivity contribution in [2.75, 3.05) is 5.88 Å². The van der Waals surface area contributed by atoms with Crippen LogP contribution in [0.2, 0.25) is 0 Å². The standard InChI is InChI=1S/C6H5I.C2H3ClO2/c7-6-4-2-1-3-5-6;3-1-2(4)5/h1-5H;1H2,(H,4,5). The summed E-state index contributed by atoms with van der Waals surface area (Å²) in [5.74, 6) is -1.29. The summed E-state index contributed by atoms with van der Waals surface area (Å²) in [4.78, 5) is 9.24. The lowest BCUT2D eigenvalue weighted by Gasteiger charge is -1.80. The maximum absolute atomic E-state index is 9.24. The molecule has 12 heavy (non-hydrogen) atoms. The molecule has 0 bridgehead atoms. The van der Waals surface area contributed by atoms with Gasteiger partial charge in [-0.2, -0.15) is 0 Å². The van der Waals surface area contributed by atoms with Gasteiger partial charge < -0.3 is 5.11 Å². The van der Waals surface area contributed by atoms with Gasteiger partial charge in [-0.3, -0.25) is 4.79 Å². The minimum absolute atomic E-state index is 0.306. The number of halogens is 2. The summed E-state index contributed by atoms with van der Waals surface area (Å²) in [6.07, 6.45) is 0. The van der Waals surface area contributed by atoms with E-state index in [1.165, 1.54) is 3.57 Å². The highest BCUT2D eigenvalue weighted by Gasteiger charge is 1.83. The molecule has 0 heterocycles. The second kappa shape index (κ2) is 7.36. The van der Waals surface area contributed by atoms with Crippen LogP contribution in [0.15, 0.2) is 30.3 Å². The summed E-state index contributed by atoms with van der Waals surface area (Å²) in [6.45, 7) is 0. The van der Waals surface area contributed by atoms with E-state index >= 15 is 0 Å². The molecule has 0 amide bonds. The van der Waals surface area contributed by atoms with E-state index in [0.29, 0.717) is 0 Å². The predicted octanol–water partition coefficient (Wildman–Crippen LogP) is 2.60. The van der Waals surface area contributed by atoms with E-state index in [1.807, 2.05) is 18.2 Å². The molecule has 0 aromatic heterocycles. The molecular weight excluding hydrogens is 290 g/mol. The van der Waals surface area contributed by atoms with Crippen molar-refractivity contribution in [3.8, 4) is 0 Å². The molecule has 0 fully saturated rings. The number of carbonyl (C=O) groups is 1. The summed E-state index contributed by atoms with van der Waals surface area (Å²) in [6, 6.07) is 10.2. The monoisotopic (exact) mass is 298 g/mol. The Morgan fingerprint density at radius 1 is 1.42 bits per heavy atom.